The van der Waals surface area contributed by atoms with Crippen LogP contribution >= 0.6 is 22.6 Å². The Morgan fingerprint density at radius 3 is 2.89 bits per heavy atom. The molecular formula is C19H14FIN6O. The molecular weight excluding hydrogens is 474 g/mol. The van der Waals surface area contributed by atoms with Gasteiger partial charge in [-0.15, -0.1) is 0 Å². The van der Waals surface area contributed by atoms with Gasteiger partial charge in [0.15, 0.2) is 11.6 Å². The SMILES string of the molecule is Cc1ccnc(Oc2ccc3c(c2F)CNc2ncnc4c2c-3c(I)n4C)n1. The molecule has 0 radical (unpaired) electrons. The van der Waals surface area contributed by atoms with E-state index in [1.807, 2.05) is 24.6 Å². The molecule has 7 nitrogen and oxygen atoms in total. The van der Waals surface area contributed by atoms with E-state index in [4.69, 9.17) is 4.74 Å². The number of nitrogens with one attached hydrogen (secondary N) is 1. The van der Waals surface area contributed by atoms with Gasteiger partial charge in [-0.25, -0.2) is 24.3 Å². The van der Waals surface area contributed by atoms with Crippen molar-refractivity contribution >= 4 is 39.4 Å². The number of rotatable bonds is 2. The summed E-state index contributed by atoms with van der Waals surface area (Å²) < 4.78 is 24.0. The van der Waals surface area contributed by atoms with Gasteiger partial charge in [-0.05, 0) is 53.3 Å². The normalized spacial score (nSPS) is 12.4. The highest BCUT2D eigenvalue weighted by Gasteiger charge is 2.27. The van der Waals surface area contributed by atoms with Gasteiger partial charge in [0, 0.05) is 36.6 Å². The summed E-state index contributed by atoms with van der Waals surface area (Å²) in [6.45, 7) is 2.11. The average molecular weight is 488 g/mol. The zero-order chi connectivity index (χ0) is 19.4. The molecule has 140 valence electrons. The van der Waals surface area contributed by atoms with E-state index in [0.717, 1.165) is 31.6 Å². The minimum Gasteiger partial charge on any atom is -0.421 e. The fraction of sp³-hybridized carbons (Fsp3) is 0.158. The van der Waals surface area contributed by atoms with Crippen LogP contribution in [-0.2, 0) is 13.6 Å². The van der Waals surface area contributed by atoms with Crippen LogP contribution in [0.3, 0.4) is 0 Å². The summed E-state index contributed by atoms with van der Waals surface area (Å²) in [5.41, 5.74) is 3.78. The summed E-state index contributed by atoms with van der Waals surface area (Å²) in [6, 6.07) is 5.35. The third-order valence-corrected chi connectivity index (χ3v) is 6.04. The Hall–Kier alpha value is -2.82. The lowest BCUT2D eigenvalue weighted by atomic mass is 10.00. The van der Waals surface area contributed by atoms with Crippen LogP contribution in [0.1, 0.15) is 11.3 Å². The number of anilines is 1. The zero-order valence-electron chi connectivity index (χ0n) is 15.0. The molecule has 1 aliphatic rings. The highest BCUT2D eigenvalue weighted by atomic mass is 127. The summed E-state index contributed by atoms with van der Waals surface area (Å²) in [5.74, 6) is 0.340. The van der Waals surface area contributed by atoms with E-state index in [1.165, 1.54) is 6.33 Å². The van der Waals surface area contributed by atoms with E-state index >= 15 is 4.39 Å². The molecule has 5 rings (SSSR count). The third-order valence-electron chi connectivity index (χ3n) is 4.78. The summed E-state index contributed by atoms with van der Waals surface area (Å²) in [7, 11) is 1.94. The number of hydrogen-bond acceptors (Lipinski definition) is 6. The van der Waals surface area contributed by atoms with Crippen molar-refractivity contribution in [1.82, 2.24) is 24.5 Å². The van der Waals surface area contributed by atoms with Gasteiger partial charge in [-0.3, -0.25) is 0 Å². The molecule has 1 N–H and O–H groups in total. The van der Waals surface area contributed by atoms with Crippen LogP contribution in [0.15, 0.2) is 30.7 Å². The Morgan fingerprint density at radius 1 is 1.21 bits per heavy atom. The quantitative estimate of drug-likeness (QED) is 0.427. The molecule has 0 aliphatic carbocycles. The monoisotopic (exact) mass is 488 g/mol. The lowest BCUT2D eigenvalue weighted by Gasteiger charge is -2.13. The molecule has 9 heteroatoms. The number of aromatic nitrogens is 5. The second-order valence-corrected chi connectivity index (χ2v) is 7.51. The van der Waals surface area contributed by atoms with Gasteiger partial charge in [0.25, 0.3) is 0 Å². The Morgan fingerprint density at radius 2 is 2.07 bits per heavy atom. The molecule has 1 aliphatic heterocycles. The second kappa shape index (κ2) is 6.36. The molecule has 0 saturated carbocycles. The van der Waals surface area contributed by atoms with Crippen molar-refractivity contribution < 1.29 is 9.13 Å². The lowest BCUT2D eigenvalue weighted by molar-refractivity contribution is 0.408. The molecule has 4 heterocycles. The summed E-state index contributed by atoms with van der Waals surface area (Å²) in [6.07, 6.45) is 3.10. The predicted octanol–water partition coefficient (Wildman–Crippen LogP) is 4.20. The van der Waals surface area contributed by atoms with Crippen molar-refractivity contribution in [1.29, 1.82) is 0 Å². The molecule has 0 amide bonds. The summed E-state index contributed by atoms with van der Waals surface area (Å²) in [5, 5.41) is 4.12. The molecule has 0 saturated heterocycles. The molecule has 3 aromatic heterocycles. The maximum absolute atomic E-state index is 15.4. The van der Waals surface area contributed by atoms with Crippen LogP contribution in [-0.4, -0.2) is 24.5 Å². The summed E-state index contributed by atoms with van der Waals surface area (Å²) in [4.78, 5) is 17.0. The van der Waals surface area contributed by atoms with Gasteiger partial charge in [0.2, 0.25) is 0 Å². The second-order valence-electron chi connectivity index (χ2n) is 6.49. The molecule has 4 aromatic rings. The van der Waals surface area contributed by atoms with Crippen molar-refractivity contribution in [2.45, 2.75) is 13.5 Å². The van der Waals surface area contributed by atoms with Gasteiger partial charge in [-0.2, -0.15) is 0 Å². The van der Waals surface area contributed by atoms with Gasteiger partial charge in [0.1, 0.15) is 17.8 Å². The molecule has 0 atom stereocenters. The standard InChI is InChI=1S/C19H14FIN6O/c1-9-5-6-22-19(26-9)28-12-4-3-10-11(15(12)20)7-23-17-14-13(10)16(21)27(2)18(14)25-8-24-17/h3-6,8H,7H2,1-2H3,(H,23,24,25). The molecule has 0 spiro atoms. The van der Waals surface area contributed by atoms with Gasteiger partial charge in [-0.1, -0.05) is 0 Å². The largest absolute Gasteiger partial charge is 0.421 e. The van der Waals surface area contributed by atoms with Crippen LogP contribution in [0.25, 0.3) is 22.2 Å². The Balaban J connectivity index is 1.69. The van der Waals surface area contributed by atoms with Gasteiger partial charge >= 0.3 is 6.01 Å². The van der Waals surface area contributed by atoms with Gasteiger partial charge < -0.3 is 14.6 Å². The van der Waals surface area contributed by atoms with Crippen molar-refractivity contribution in [2.24, 2.45) is 7.05 Å². The predicted molar refractivity (Wildman–Crippen MR) is 111 cm³/mol. The Kier molecular flexibility index (Phi) is 3.93. The van der Waals surface area contributed by atoms with Crippen LogP contribution in [0.4, 0.5) is 10.2 Å². The third kappa shape index (κ3) is 2.53. The van der Waals surface area contributed by atoms with E-state index in [0.29, 0.717) is 11.4 Å². The van der Waals surface area contributed by atoms with Crippen LogP contribution in [0.5, 0.6) is 11.8 Å². The fourth-order valence-corrected chi connectivity index (χ4v) is 4.22. The first-order valence-electron chi connectivity index (χ1n) is 8.56. The highest BCUT2D eigenvalue weighted by Crippen LogP contribution is 2.43. The van der Waals surface area contributed by atoms with Gasteiger partial charge in [0.05, 0.1) is 9.09 Å². The van der Waals surface area contributed by atoms with E-state index in [2.05, 4.69) is 47.8 Å². The minimum absolute atomic E-state index is 0.0883. The number of aryl methyl sites for hydroxylation is 2. The number of hydrogen-bond donors (Lipinski definition) is 1. The smallest absolute Gasteiger partial charge is 0.322 e. The first-order valence-corrected chi connectivity index (χ1v) is 9.64. The molecule has 1 aromatic carbocycles. The van der Waals surface area contributed by atoms with E-state index < -0.39 is 5.82 Å². The highest BCUT2D eigenvalue weighted by molar-refractivity contribution is 14.1. The van der Waals surface area contributed by atoms with E-state index in [1.54, 1.807) is 18.3 Å². The summed E-state index contributed by atoms with van der Waals surface area (Å²) >= 11 is 2.26. The van der Waals surface area contributed by atoms with Crippen molar-refractivity contribution in [3.63, 3.8) is 0 Å². The van der Waals surface area contributed by atoms with Crippen molar-refractivity contribution in [3.05, 3.63) is 51.5 Å². The maximum Gasteiger partial charge on any atom is 0.322 e. The number of halogens is 2. The van der Waals surface area contributed by atoms with Crippen LogP contribution in [0, 0.1) is 16.4 Å². The van der Waals surface area contributed by atoms with E-state index in [9.17, 15) is 0 Å². The first kappa shape index (κ1) is 17.3. The fourth-order valence-electron chi connectivity index (χ4n) is 3.44. The Labute approximate surface area is 173 Å². The topological polar surface area (TPSA) is 77.8 Å². The van der Waals surface area contributed by atoms with E-state index in [-0.39, 0.29) is 18.3 Å². The van der Waals surface area contributed by atoms with Crippen molar-refractivity contribution in [2.75, 3.05) is 5.32 Å². The minimum atomic E-state index is -0.441. The number of benzene rings is 1. The van der Waals surface area contributed by atoms with Crippen LogP contribution in [0.2, 0.25) is 0 Å². The Bertz CT molecular complexity index is 1260. The molecule has 28 heavy (non-hydrogen) atoms. The number of ether oxygens (including phenoxy) is 1. The maximum atomic E-state index is 15.4. The first-order chi connectivity index (χ1) is 13.5. The average Bonchev–Trinajstić information content (AvgIpc) is 2.84. The zero-order valence-corrected chi connectivity index (χ0v) is 17.2. The van der Waals surface area contributed by atoms with Crippen molar-refractivity contribution in [3.8, 4) is 22.9 Å². The molecule has 0 fully saturated rings. The molecule has 0 bridgehead atoms. The number of nitrogens with zero attached hydrogens (tertiary/aromatic N) is 5. The van der Waals surface area contributed by atoms with Crippen LogP contribution < -0.4 is 10.1 Å². The molecule has 0 unspecified atom stereocenters. The number of fused-ring (bicyclic) bond motifs is 2. The lowest BCUT2D eigenvalue weighted by Crippen LogP contribution is -2.06.